The molecule has 1 amide bonds. The van der Waals surface area contributed by atoms with Crippen LogP contribution < -0.4 is 21.7 Å². The molecule has 0 fully saturated rings. The van der Waals surface area contributed by atoms with E-state index in [1.54, 1.807) is 12.3 Å². The molecule has 0 unspecified atom stereocenters. The molecular formula is C25H20F2N6O2. The molecule has 0 bridgehead atoms. The minimum atomic E-state index is -0.723. The molecule has 0 spiro atoms. The minimum absolute atomic E-state index is 0.0757. The minimum Gasteiger partial charge on any atom is -0.372 e. The van der Waals surface area contributed by atoms with Crippen LogP contribution in [0.4, 0.5) is 26.0 Å². The molecule has 1 aromatic heterocycles. The van der Waals surface area contributed by atoms with Gasteiger partial charge in [-0.15, -0.1) is 5.53 Å². The van der Waals surface area contributed by atoms with Gasteiger partial charge in [0.25, 0.3) is 5.91 Å². The van der Waals surface area contributed by atoms with E-state index < -0.39 is 17.5 Å². The molecule has 176 valence electrons. The average Bonchev–Trinajstić information content (AvgIpc) is 3.34. The first-order valence-electron chi connectivity index (χ1n) is 10.7. The van der Waals surface area contributed by atoms with Gasteiger partial charge in [-0.25, -0.2) is 18.7 Å². The SMILES string of the molecule is O=C(Nc1ccc(COCc2ccccc2)c(F)c1)c1cc(-c2ncc3c(n2)NNN3)ccc1F. The van der Waals surface area contributed by atoms with Gasteiger partial charge in [0.05, 0.1) is 25.0 Å². The normalized spacial score (nSPS) is 11.9. The van der Waals surface area contributed by atoms with Gasteiger partial charge >= 0.3 is 0 Å². The summed E-state index contributed by atoms with van der Waals surface area (Å²) in [6.07, 6.45) is 1.56. The lowest BCUT2D eigenvalue weighted by atomic mass is 10.1. The van der Waals surface area contributed by atoms with Crippen molar-refractivity contribution in [1.29, 1.82) is 0 Å². The molecule has 4 N–H and O–H groups in total. The number of amides is 1. The zero-order valence-corrected chi connectivity index (χ0v) is 18.3. The van der Waals surface area contributed by atoms with E-state index in [-0.39, 0.29) is 17.9 Å². The van der Waals surface area contributed by atoms with Crippen LogP contribution in [0.1, 0.15) is 21.5 Å². The highest BCUT2D eigenvalue weighted by Crippen LogP contribution is 2.26. The second-order valence-electron chi connectivity index (χ2n) is 7.76. The summed E-state index contributed by atoms with van der Waals surface area (Å²) in [4.78, 5) is 21.3. The number of benzene rings is 3. The third-order valence-electron chi connectivity index (χ3n) is 5.32. The third-order valence-corrected chi connectivity index (χ3v) is 5.32. The second-order valence-corrected chi connectivity index (χ2v) is 7.76. The molecule has 3 aromatic carbocycles. The lowest BCUT2D eigenvalue weighted by Gasteiger charge is -2.10. The van der Waals surface area contributed by atoms with Crippen LogP contribution in [0.3, 0.4) is 0 Å². The van der Waals surface area contributed by atoms with E-state index in [0.29, 0.717) is 35.1 Å². The molecule has 35 heavy (non-hydrogen) atoms. The summed E-state index contributed by atoms with van der Waals surface area (Å²) in [5.74, 6) is -1.15. The maximum atomic E-state index is 14.6. The lowest BCUT2D eigenvalue weighted by Crippen LogP contribution is -2.19. The number of aromatic nitrogens is 2. The topological polar surface area (TPSA) is 100 Å². The molecule has 10 heteroatoms. The van der Waals surface area contributed by atoms with Gasteiger partial charge in [0.2, 0.25) is 0 Å². The van der Waals surface area contributed by atoms with Gasteiger partial charge in [0.15, 0.2) is 11.6 Å². The molecule has 5 rings (SSSR count). The second kappa shape index (κ2) is 9.84. The number of hydrogen-bond donors (Lipinski definition) is 4. The van der Waals surface area contributed by atoms with Crippen LogP contribution >= 0.6 is 0 Å². The molecule has 4 aromatic rings. The number of nitrogens with one attached hydrogen (secondary N) is 4. The fourth-order valence-electron chi connectivity index (χ4n) is 3.50. The van der Waals surface area contributed by atoms with Crippen molar-refractivity contribution in [2.24, 2.45) is 0 Å². The smallest absolute Gasteiger partial charge is 0.258 e. The van der Waals surface area contributed by atoms with E-state index in [1.165, 1.54) is 30.3 Å². The Kier molecular flexibility index (Phi) is 6.29. The number of fused-ring (bicyclic) bond motifs is 1. The number of carbonyl (C=O) groups excluding carboxylic acids is 1. The van der Waals surface area contributed by atoms with Crippen molar-refractivity contribution >= 4 is 23.1 Å². The fraction of sp³-hybridized carbons (Fsp3) is 0.0800. The quantitative estimate of drug-likeness (QED) is 0.309. The lowest BCUT2D eigenvalue weighted by molar-refractivity contribution is 0.102. The van der Waals surface area contributed by atoms with Gasteiger partial charge in [-0.1, -0.05) is 36.4 Å². The summed E-state index contributed by atoms with van der Waals surface area (Å²) in [5, 5.41) is 2.54. The van der Waals surface area contributed by atoms with Crippen molar-refractivity contribution in [3.05, 3.63) is 101 Å². The monoisotopic (exact) mass is 474 g/mol. The van der Waals surface area contributed by atoms with Crippen molar-refractivity contribution in [3.8, 4) is 11.4 Å². The van der Waals surface area contributed by atoms with E-state index in [0.717, 1.165) is 5.56 Å². The van der Waals surface area contributed by atoms with Gasteiger partial charge in [0.1, 0.15) is 17.3 Å². The zero-order chi connectivity index (χ0) is 24.2. The van der Waals surface area contributed by atoms with Crippen LogP contribution in [0.2, 0.25) is 0 Å². The van der Waals surface area contributed by atoms with Crippen molar-refractivity contribution in [2.75, 3.05) is 16.2 Å². The molecule has 0 aliphatic carbocycles. The van der Waals surface area contributed by atoms with E-state index in [2.05, 4.69) is 31.7 Å². The highest BCUT2D eigenvalue weighted by Gasteiger charge is 2.17. The summed E-state index contributed by atoms with van der Waals surface area (Å²) in [5.41, 5.74) is 10.7. The van der Waals surface area contributed by atoms with Crippen LogP contribution in [0, 0.1) is 11.6 Å². The highest BCUT2D eigenvalue weighted by atomic mass is 19.1. The zero-order valence-electron chi connectivity index (χ0n) is 18.3. The number of nitrogens with zero attached hydrogens (tertiary/aromatic N) is 2. The molecule has 0 atom stereocenters. The first-order chi connectivity index (χ1) is 17.1. The summed E-state index contributed by atoms with van der Waals surface area (Å²) in [7, 11) is 0. The van der Waals surface area contributed by atoms with Gasteiger partial charge in [-0.2, -0.15) is 0 Å². The number of hydrogen-bond acceptors (Lipinski definition) is 7. The van der Waals surface area contributed by atoms with Crippen molar-refractivity contribution in [3.63, 3.8) is 0 Å². The summed E-state index contributed by atoms with van der Waals surface area (Å²) in [6.45, 7) is 0.428. The highest BCUT2D eigenvalue weighted by molar-refractivity contribution is 6.05. The van der Waals surface area contributed by atoms with Crippen molar-refractivity contribution in [2.45, 2.75) is 13.2 Å². The number of halogens is 2. The summed E-state index contributed by atoms with van der Waals surface area (Å²) in [6, 6.07) is 17.8. The van der Waals surface area contributed by atoms with Crippen LogP contribution in [0.15, 0.2) is 72.9 Å². The fourth-order valence-corrected chi connectivity index (χ4v) is 3.50. The molecule has 0 radical (unpaired) electrons. The van der Waals surface area contributed by atoms with Gasteiger partial charge in [-0.05, 0) is 35.9 Å². The molecule has 0 saturated carbocycles. The Balaban J connectivity index is 1.27. The van der Waals surface area contributed by atoms with E-state index in [1.807, 2.05) is 30.3 Å². The predicted molar refractivity (Wildman–Crippen MR) is 127 cm³/mol. The molecular weight excluding hydrogens is 454 g/mol. The Bertz CT molecular complexity index is 1380. The number of carbonyl (C=O) groups is 1. The van der Waals surface area contributed by atoms with E-state index in [9.17, 15) is 13.6 Å². The van der Waals surface area contributed by atoms with Gasteiger partial charge in [-0.3, -0.25) is 15.6 Å². The Morgan fingerprint density at radius 3 is 2.63 bits per heavy atom. The van der Waals surface area contributed by atoms with Crippen LogP contribution in [-0.4, -0.2) is 15.9 Å². The summed E-state index contributed by atoms with van der Waals surface area (Å²) >= 11 is 0. The largest absolute Gasteiger partial charge is 0.372 e. The molecule has 1 aliphatic heterocycles. The van der Waals surface area contributed by atoms with Crippen molar-refractivity contribution < 1.29 is 18.3 Å². The predicted octanol–water partition coefficient (Wildman–Crippen LogP) is 4.65. The van der Waals surface area contributed by atoms with E-state index in [4.69, 9.17) is 4.74 Å². The van der Waals surface area contributed by atoms with Gasteiger partial charge in [0, 0.05) is 16.8 Å². The Labute approximate surface area is 199 Å². The molecule has 2 heterocycles. The molecule has 0 saturated heterocycles. The third kappa shape index (κ3) is 5.08. The number of hydrazine groups is 2. The first-order valence-corrected chi connectivity index (χ1v) is 10.7. The number of ether oxygens (including phenoxy) is 1. The van der Waals surface area contributed by atoms with Crippen LogP contribution in [0.5, 0.6) is 0 Å². The standard InChI is InChI=1S/C25H20F2N6O2/c26-20-9-7-16(23-28-12-22-24(30-23)32-33-31-22)10-19(20)25(34)29-18-8-6-17(21(27)11-18)14-35-13-15-4-2-1-3-5-15/h1-12,31,33H,13-14H2,(H,29,34)(H,28,30,32). The van der Waals surface area contributed by atoms with Crippen molar-refractivity contribution in [1.82, 2.24) is 15.5 Å². The average molecular weight is 474 g/mol. The van der Waals surface area contributed by atoms with Crippen LogP contribution in [0.25, 0.3) is 11.4 Å². The molecule has 8 nitrogen and oxygen atoms in total. The Morgan fingerprint density at radius 1 is 0.943 bits per heavy atom. The van der Waals surface area contributed by atoms with E-state index >= 15 is 0 Å². The first kappa shape index (κ1) is 22.4. The maximum absolute atomic E-state index is 14.6. The maximum Gasteiger partial charge on any atom is 0.258 e. The van der Waals surface area contributed by atoms with Gasteiger partial charge < -0.3 is 10.1 Å². The van der Waals surface area contributed by atoms with Crippen LogP contribution in [-0.2, 0) is 18.0 Å². The Hall–Kier alpha value is -4.41. The number of anilines is 3. The Morgan fingerprint density at radius 2 is 1.80 bits per heavy atom. The molecule has 1 aliphatic rings. The number of rotatable bonds is 7. The summed E-state index contributed by atoms with van der Waals surface area (Å²) < 4.78 is 34.6.